The molecule has 0 atom stereocenters. The van der Waals surface area contributed by atoms with E-state index in [1.54, 1.807) is 25.3 Å². The van der Waals surface area contributed by atoms with Gasteiger partial charge >= 0.3 is 0 Å². The first-order valence-electron chi connectivity index (χ1n) is 6.51. The number of amides is 1. The van der Waals surface area contributed by atoms with E-state index >= 15 is 0 Å². The van der Waals surface area contributed by atoms with Crippen molar-refractivity contribution in [3.05, 3.63) is 48.0 Å². The first-order valence-corrected chi connectivity index (χ1v) is 6.51. The Bertz CT molecular complexity index is 624. The molecule has 5 heteroatoms. The van der Waals surface area contributed by atoms with Crippen molar-refractivity contribution >= 4 is 17.3 Å². The molecular formula is C16H18N2O3. The van der Waals surface area contributed by atoms with Crippen LogP contribution < -0.4 is 20.5 Å². The highest BCUT2D eigenvalue weighted by molar-refractivity contribution is 5.91. The zero-order chi connectivity index (χ0) is 15.2. The van der Waals surface area contributed by atoms with Crippen LogP contribution in [0.15, 0.2) is 42.5 Å². The van der Waals surface area contributed by atoms with E-state index in [1.807, 2.05) is 31.2 Å². The summed E-state index contributed by atoms with van der Waals surface area (Å²) in [5, 5.41) is 2.76. The summed E-state index contributed by atoms with van der Waals surface area (Å²) in [6, 6.07) is 12.6. The number of nitrogens with one attached hydrogen (secondary N) is 1. The summed E-state index contributed by atoms with van der Waals surface area (Å²) in [7, 11) is 1.54. The molecule has 0 saturated heterocycles. The summed E-state index contributed by atoms with van der Waals surface area (Å²) in [4.78, 5) is 11.8. The molecule has 0 bridgehead atoms. The van der Waals surface area contributed by atoms with Crippen LogP contribution in [0.4, 0.5) is 11.4 Å². The number of anilines is 2. The molecule has 21 heavy (non-hydrogen) atoms. The highest BCUT2D eigenvalue weighted by Gasteiger charge is 2.05. The molecule has 0 aromatic heterocycles. The van der Waals surface area contributed by atoms with Gasteiger partial charge in [-0.3, -0.25) is 4.79 Å². The van der Waals surface area contributed by atoms with Crippen LogP contribution in [0.2, 0.25) is 0 Å². The maximum Gasteiger partial charge on any atom is 0.262 e. The first-order chi connectivity index (χ1) is 10.1. The van der Waals surface area contributed by atoms with Crippen LogP contribution in [0.25, 0.3) is 0 Å². The second-order valence-corrected chi connectivity index (χ2v) is 4.61. The van der Waals surface area contributed by atoms with Gasteiger partial charge in [0, 0.05) is 11.8 Å². The molecule has 0 aliphatic carbocycles. The van der Waals surface area contributed by atoms with Crippen molar-refractivity contribution in [1.29, 1.82) is 0 Å². The predicted molar refractivity (Wildman–Crippen MR) is 82.7 cm³/mol. The van der Waals surface area contributed by atoms with E-state index in [0.29, 0.717) is 17.2 Å². The number of hydrogen-bond acceptors (Lipinski definition) is 4. The third-order valence-electron chi connectivity index (χ3n) is 2.91. The number of carbonyl (C=O) groups excluding carboxylic acids is 1. The zero-order valence-electron chi connectivity index (χ0n) is 12.1. The second-order valence-electron chi connectivity index (χ2n) is 4.61. The van der Waals surface area contributed by atoms with Gasteiger partial charge in [-0.25, -0.2) is 0 Å². The molecule has 0 spiro atoms. The minimum absolute atomic E-state index is 0.0837. The summed E-state index contributed by atoms with van der Waals surface area (Å²) >= 11 is 0. The van der Waals surface area contributed by atoms with Gasteiger partial charge in [0.15, 0.2) is 6.61 Å². The van der Waals surface area contributed by atoms with Gasteiger partial charge in [0.2, 0.25) is 0 Å². The van der Waals surface area contributed by atoms with Crippen LogP contribution in [-0.4, -0.2) is 19.6 Å². The van der Waals surface area contributed by atoms with E-state index in [9.17, 15) is 4.79 Å². The highest BCUT2D eigenvalue weighted by atomic mass is 16.5. The van der Waals surface area contributed by atoms with Gasteiger partial charge in [0.25, 0.3) is 5.91 Å². The van der Waals surface area contributed by atoms with Crippen LogP contribution >= 0.6 is 0 Å². The standard InChI is InChI=1S/C16H18N2O3/c1-11-3-5-12(6-4-11)18-16(19)10-21-13-7-8-15(20-2)14(17)9-13/h3-9H,10,17H2,1-2H3,(H,18,19). The minimum Gasteiger partial charge on any atom is -0.495 e. The number of nitrogen functional groups attached to an aromatic ring is 1. The van der Waals surface area contributed by atoms with Crippen LogP contribution in [0.1, 0.15) is 5.56 Å². The quantitative estimate of drug-likeness (QED) is 0.829. The number of rotatable bonds is 5. The van der Waals surface area contributed by atoms with Crippen molar-refractivity contribution in [2.45, 2.75) is 6.92 Å². The third-order valence-corrected chi connectivity index (χ3v) is 2.91. The Kier molecular flexibility index (Phi) is 4.66. The number of carbonyl (C=O) groups is 1. The summed E-state index contributed by atoms with van der Waals surface area (Å²) in [5.41, 5.74) is 8.11. The average Bonchev–Trinajstić information content (AvgIpc) is 2.48. The van der Waals surface area contributed by atoms with Crippen LogP contribution in [-0.2, 0) is 4.79 Å². The first kappa shape index (κ1) is 14.7. The van der Waals surface area contributed by atoms with Gasteiger partial charge in [-0.05, 0) is 31.2 Å². The average molecular weight is 286 g/mol. The van der Waals surface area contributed by atoms with E-state index in [0.717, 1.165) is 11.3 Å². The highest BCUT2D eigenvalue weighted by Crippen LogP contribution is 2.25. The Morgan fingerprint density at radius 2 is 1.90 bits per heavy atom. The minimum atomic E-state index is -0.228. The molecule has 0 saturated carbocycles. The summed E-state index contributed by atoms with van der Waals surface area (Å²) in [6.07, 6.45) is 0. The molecule has 0 heterocycles. The molecule has 0 fully saturated rings. The number of aryl methyl sites for hydroxylation is 1. The summed E-state index contributed by atoms with van der Waals surface area (Å²) < 4.78 is 10.5. The molecule has 0 aliphatic rings. The van der Waals surface area contributed by atoms with E-state index in [4.69, 9.17) is 15.2 Å². The molecule has 0 unspecified atom stereocenters. The molecule has 110 valence electrons. The summed E-state index contributed by atoms with van der Waals surface area (Å²) in [6.45, 7) is 1.91. The van der Waals surface area contributed by atoms with Gasteiger partial charge < -0.3 is 20.5 Å². The van der Waals surface area contributed by atoms with Gasteiger partial charge in [-0.15, -0.1) is 0 Å². The van der Waals surface area contributed by atoms with E-state index in [2.05, 4.69) is 5.32 Å². The van der Waals surface area contributed by atoms with Crippen LogP contribution in [0, 0.1) is 6.92 Å². The topological polar surface area (TPSA) is 73.6 Å². The molecule has 0 radical (unpaired) electrons. The number of ether oxygens (including phenoxy) is 2. The normalized spacial score (nSPS) is 10.0. The van der Waals surface area contributed by atoms with E-state index < -0.39 is 0 Å². The van der Waals surface area contributed by atoms with E-state index in [1.165, 1.54) is 0 Å². The molecule has 2 aromatic rings. The fraction of sp³-hybridized carbons (Fsp3) is 0.188. The smallest absolute Gasteiger partial charge is 0.262 e. The van der Waals surface area contributed by atoms with Crippen LogP contribution in [0.5, 0.6) is 11.5 Å². The van der Waals surface area contributed by atoms with Gasteiger partial charge in [0.1, 0.15) is 11.5 Å². The molecule has 1 amide bonds. The Hall–Kier alpha value is -2.69. The molecular weight excluding hydrogens is 268 g/mol. The monoisotopic (exact) mass is 286 g/mol. The van der Waals surface area contributed by atoms with Gasteiger partial charge in [0.05, 0.1) is 12.8 Å². The lowest BCUT2D eigenvalue weighted by Gasteiger charge is -2.10. The van der Waals surface area contributed by atoms with Crippen molar-refractivity contribution in [2.75, 3.05) is 24.8 Å². The lowest BCUT2D eigenvalue weighted by Crippen LogP contribution is -2.20. The SMILES string of the molecule is COc1ccc(OCC(=O)Nc2ccc(C)cc2)cc1N. The molecule has 0 aliphatic heterocycles. The van der Waals surface area contributed by atoms with Crippen molar-refractivity contribution in [3.8, 4) is 11.5 Å². The molecule has 2 rings (SSSR count). The van der Waals surface area contributed by atoms with E-state index in [-0.39, 0.29) is 12.5 Å². The Morgan fingerprint density at radius 1 is 1.19 bits per heavy atom. The van der Waals surface area contributed by atoms with Crippen molar-refractivity contribution in [3.63, 3.8) is 0 Å². The van der Waals surface area contributed by atoms with Crippen molar-refractivity contribution < 1.29 is 14.3 Å². The zero-order valence-corrected chi connectivity index (χ0v) is 12.1. The van der Waals surface area contributed by atoms with Crippen LogP contribution in [0.3, 0.4) is 0 Å². The maximum atomic E-state index is 11.8. The number of methoxy groups -OCH3 is 1. The molecule has 2 aromatic carbocycles. The largest absolute Gasteiger partial charge is 0.495 e. The fourth-order valence-corrected chi connectivity index (χ4v) is 1.79. The maximum absolute atomic E-state index is 11.8. The van der Waals surface area contributed by atoms with Crippen molar-refractivity contribution in [2.24, 2.45) is 0 Å². The Balaban J connectivity index is 1.89. The van der Waals surface area contributed by atoms with Crippen molar-refractivity contribution in [1.82, 2.24) is 0 Å². The number of nitrogens with two attached hydrogens (primary N) is 1. The van der Waals surface area contributed by atoms with Gasteiger partial charge in [-0.2, -0.15) is 0 Å². The second kappa shape index (κ2) is 6.65. The Morgan fingerprint density at radius 3 is 2.52 bits per heavy atom. The number of hydrogen-bond donors (Lipinski definition) is 2. The Labute approximate surface area is 123 Å². The third kappa shape index (κ3) is 4.14. The van der Waals surface area contributed by atoms with Gasteiger partial charge in [-0.1, -0.05) is 17.7 Å². The molecule has 5 nitrogen and oxygen atoms in total. The predicted octanol–water partition coefficient (Wildman–Crippen LogP) is 2.60. The lowest BCUT2D eigenvalue weighted by molar-refractivity contribution is -0.118. The fourth-order valence-electron chi connectivity index (χ4n) is 1.79. The number of benzene rings is 2. The molecule has 3 N–H and O–H groups in total. The summed E-state index contributed by atoms with van der Waals surface area (Å²) in [5.74, 6) is 0.868. The lowest BCUT2D eigenvalue weighted by atomic mass is 10.2.